The SMILES string of the molecule is COC(=O)c1c([N+](=O)[O-])cnn1Cc1ccc(C#N)cc1. The van der Waals surface area contributed by atoms with Crippen LogP contribution in [0.1, 0.15) is 21.6 Å². The first-order chi connectivity index (χ1) is 10.1. The zero-order valence-electron chi connectivity index (χ0n) is 11.0. The first kappa shape index (κ1) is 14.2. The van der Waals surface area contributed by atoms with Gasteiger partial charge in [-0.2, -0.15) is 10.4 Å². The van der Waals surface area contributed by atoms with Crippen LogP contribution >= 0.6 is 0 Å². The fourth-order valence-electron chi connectivity index (χ4n) is 1.79. The summed E-state index contributed by atoms with van der Waals surface area (Å²) in [5.41, 5.74) is 0.623. The number of hydrogen-bond donors (Lipinski definition) is 0. The molecular formula is C13H10N4O4. The maximum Gasteiger partial charge on any atom is 0.363 e. The van der Waals surface area contributed by atoms with Gasteiger partial charge in [0.05, 0.1) is 30.2 Å². The number of methoxy groups -OCH3 is 1. The van der Waals surface area contributed by atoms with Crippen molar-refractivity contribution in [3.05, 3.63) is 57.4 Å². The molecule has 0 aliphatic rings. The van der Waals surface area contributed by atoms with Crippen LogP contribution < -0.4 is 0 Å². The van der Waals surface area contributed by atoms with Crippen LogP contribution in [-0.4, -0.2) is 27.8 Å². The maximum absolute atomic E-state index is 11.7. The third-order valence-corrected chi connectivity index (χ3v) is 2.81. The molecule has 1 heterocycles. The van der Waals surface area contributed by atoms with Gasteiger partial charge >= 0.3 is 11.7 Å². The van der Waals surface area contributed by atoms with E-state index in [4.69, 9.17) is 5.26 Å². The van der Waals surface area contributed by atoms with Crippen molar-refractivity contribution in [1.29, 1.82) is 5.26 Å². The number of rotatable bonds is 4. The summed E-state index contributed by atoms with van der Waals surface area (Å²) in [5.74, 6) is -0.826. The van der Waals surface area contributed by atoms with Crippen LogP contribution in [-0.2, 0) is 11.3 Å². The highest BCUT2D eigenvalue weighted by molar-refractivity contribution is 5.91. The molecule has 0 aliphatic carbocycles. The molecule has 106 valence electrons. The van der Waals surface area contributed by atoms with E-state index in [1.165, 1.54) is 4.68 Å². The molecule has 0 unspecified atom stereocenters. The molecule has 2 aromatic rings. The Bertz CT molecular complexity index is 728. The van der Waals surface area contributed by atoms with E-state index in [-0.39, 0.29) is 12.2 Å². The third-order valence-electron chi connectivity index (χ3n) is 2.81. The Morgan fingerprint density at radius 2 is 2.14 bits per heavy atom. The fraction of sp³-hybridized carbons (Fsp3) is 0.154. The zero-order chi connectivity index (χ0) is 15.4. The highest BCUT2D eigenvalue weighted by Gasteiger charge is 2.27. The highest BCUT2D eigenvalue weighted by atomic mass is 16.6. The highest BCUT2D eigenvalue weighted by Crippen LogP contribution is 2.20. The van der Waals surface area contributed by atoms with Crippen LogP contribution in [0.3, 0.4) is 0 Å². The average molecular weight is 286 g/mol. The summed E-state index contributed by atoms with van der Waals surface area (Å²) in [5, 5.41) is 23.5. The molecule has 0 amide bonds. The lowest BCUT2D eigenvalue weighted by atomic mass is 10.1. The molecule has 0 bridgehead atoms. The van der Waals surface area contributed by atoms with Crippen LogP contribution in [0.4, 0.5) is 5.69 Å². The van der Waals surface area contributed by atoms with Gasteiger partial charge in [-0.25, -0.2) is 9.48 Å². The Morgan fingerprint density at radius 3 is 2.67 bits per heavy atom. The molecule has 0 spiro atoms. The molecule has 0 saturated carbocycles. The number of aromatic nitrogens is 2. The molecule has 2 rings (SSSR count). The van der Waals surface area contributed by atoms with Crippen molar-refractivity contribution in [2.75, 3.05) is 7.11 Å². The minimum atomic E-state index is -0.826. The van der Waals surface area contributed by atoms with Crippen LogP contribution in [0.2, 0.25) is 0 Å². The summed E-state index contributed by atoms with van der Waals surface area (Å²) < 4.78 is 5.75. The third kappa shape index (κ3) is 2.87. The molecule has 8 heteroatoms. The Kier molecular flexibility index (Phi) is 3.95. The zero-order valence-corrected chi connectivity index (χ0v) is 11.0. The van der Waals surface area contributed by atoms with Crippen LogP contribution in [0.5, 0.6) is 0 Å². The van der Waals surface area contributed by atoms with E-state index >= 15 is 0 Å². The van der Waals surface area contributed by atoms with Crippen molar-refractivity contribution in [3.63, 3.8) is 0 Å². The Hall–Kier alpha value is -3.21. The minimum absolute atomic E-state index is 0.157. The largest absolute Gasteiger partial charge is 0.464 e. The normalized spacial score (nSPS) is 9.90. The lowest BCUT2D eigenvalue weighted by Gasteiger charge is -2.05. The number of benzene rings is 1. The second-order valence-corrected chi connectivity index (χ2v) is 4.09. The average Bonchev–Trinajstić information content (AvgIpc) is 2.91. The number of ether oxygens (including phenoxy) is 1. The fourth-order valence-corrected chi connectivity index (χ4v) is 1.79. The van der Waals surface area contributed by atoms with Crippen LogP contribution in [0.15, 0.2) is 30.5 Å². The number of nitriles is 1. The van der Waals surface area contributed by atoms with Crippen molar-refractivity contribution in [1.82, 2.24) is 9.78 Å². The molecule has 21 heavy (non-hydrogen) atoms. The number of nitrogens with zero attached hydrogens (tertiary/aromatic N) is 4. The van der Waals surface area contributed by atoms with E-state index in [0.717, 1.165) is 18.9 Å². The number of carbonyl (C=O) groups is 1. The van der Waals surface area contributed by atoms with Gasteiger partial charge in [-0.1, -0.05) is 12.1 Å². The Morgan fingerprint density at radius 1 is 1.48 bits per heavy atom. The molecule has 0 aliphatic heterocycles. The summed E-state index contributed by atoms with van der Waals surface area (Å²) in [7, 11) is 1.14. The summed E-state index contributed by atoms with van der Waals surface area (Å²) in [6.45, 7) is 0.157. The monoisotopic (exact) mass is 286 g/mol. The number of hydrogen-bond acceptors (Lipinski definition) is 6. The molecule has 0 fully saturated rings. The minimum Gasteiger partial charge on any atom is -0.464 e. The van der Waals surface area contributed by atoms with E-state index in [9.17, 15) is 14.9 Å². The van der Waals surface area contributed by atoms with E-state index in [2.05, 4.69) is 9.84 Å². The van der Waals surface area contributed by atoms with E-state index < -0.39 is 16.6 Å². The topological polar surface area (TPSA) is 111 Å². The second kappa shape index (κ2) is 5.83. The van der Waals surface area contributed by atoms with Gasteiger partial charge in [-0.05, 0) is 17.7 Å². The van der Waals surface area contributed by atoms with Gasteiger partial charge in [-0.3, -0.25) is 10.1 Å². The smallest absolute Gasteiger partial charge is 0.363 e. The molecule has 0 radical (unpaired) electrons. The molecule has 1 aromatic heterocycles. The maximum atomic E-state index is 11.7. The second-order valence-electron chi connectivity index (χ2n) is 4.09. The van der Waals surface area contributed by atoms with E-state index in [1.807, 2.05) is 6.07 Å². The number of nitro groups is 1. The molecule has 0 atom stereocenters. The summed E-state index contributed by atoms with van der Waals surface area (Å²) in [6.07, 6.45) is 1.01. The Balaban J connectivity index is 2.37. The Labute approximate surface area is 119 Å². The van der Waals surface area contributed by atoms with Crippen molar-refractivity contribution in [2.24, 2.45) is 0 Å². The summed E-state index contributed by atoms with van der Waals surface area (Å²) >= 11 is 0. The van der Waals surface area contributed by atoms with Gasteiger partial charge in [0.1, 0.15) is 6.20 Å². The van der Waals surface area contributed by atoms with E-state index in [0.29, 0.717) is 5.56 Å². The number of esters is 1. The van der Waals surface area contributed by atoms with Gasteiger partial charge in [0.2, 0.25) is 5.69 Å². The lowest BCUT2D eigenvalue weighted by molar-refractivity contribution is -0.385. The van der Waals surface area contributed by atoms with Crippen LogP contribution in [0, 0.1) is 21.4 Å². The molecule has 8 nitrogen and oxygen atoms in total. The summed E-state index contributed by atoms with van der Waals surface area (Å²) in [6, 6.07) is 8.60. The molecular weight excluding hydrogens is 276 g/mol. The first-order valence-electron chi connectivity index (χ1n) is 5.84. The van der Waals surface area contributed by atoms with Crippen molar-refractivity contribution in [3.8, 4) is 6.07 Å². The predicted octanol–water partition coefficient (Wildman–Crippen LogP) is 1.50. The van der Waals surface area contributed by atoms with Crippen molar-refractivity contribution in [2.45, 2.75) is 6.54 Å². The molecule has 0 saturated heterocycles. The lowest BCUT2D eigenvalue weighted by Crippen LogP contribution is -2.14. The van der Waals surface area contributed by atoms with Gasteiger partial charge in [0, 0.05) is 0 Å². The van der Waals surface area contributed by atoms with Gasteiger partial charge < -0.3 is 4.74 Å². The van der Waals surface area contributed by atoms with Gasteiger partial charge in [0.15, 0.2) is 0 Å². The molecule has 0 N–H and O–H groups in total. The van der Waals surface area contributed by atoms with Crippen molar-refractivity contribution < 1.29 is 14.5 Å². The van der Waals surface area contributed by atoms with E-state index in [1.54, 1.807) is 24.3 Å². The predicted molar refractivity (Wildman–Crippen MR) is 70.5 cm³/mol. The number of carbonyl (C=O) groups excluding carboxylic acids is 1. The van der Waals surface area contributed by atoms with Crippen LogP contribution in [0.25, 0.3) is 0 Å². The first-order valence-corrected chi connectivity index (χ1v) is 5.84. The van der Waals surface area contributed by atoms with Gasteiger partial charge in [-0.15, -0.1) is 0 Å². The quantitative estimate of drug-likeness (QED) is 0.478. The summed E-state index contributed by atoms with van der Waals surface area (Å²) in [4.78, 5) is 21.9. The standard InChI is InChI=1S/C13H10N4O4/c1-21-13(18)12-11(17(19)20)7-15-16(12)8-10-4-2-9(6-14)3-5-10/h2-5,7H,8H2,1H3. The van der Waals surface area contributed by atoms with Crippen molar-refractivity contribution >= 4 is 11.7 Å². The van der Waals surface area contributed by atoms with Gasteiger partial charge in [0.25, 0.3) is 0 Å². The molecule has 1 aromatic carbocycles.